The van der Waals surface area contributed by atoms with Crippen LogP contribution in [0.25, 0.3) is 5.69 Å². The summed E-state index contributed by atoms with van der Waals surface area (Å²) in [4.78, 5) is 12.7. The van der Waals surface area contributed by atoms with Crippen LogP contribution in [-0.4, -0.2) is 65.8 Å². The molecule has 170 valence electrons. The van der Waals surface area contributed by atoms with Gasteiger partial charge in [-0.3, -0.25) is 4.79 Å². The minimum Gasteiger partial charge on any atom is -0.494 e. The fourth-order valence-electron chi connectivity index (χ4n) is 2.81. The highest BCUT2D eigenvalue weighted by Crippen LogP contribution is 2.27. The summed E-state index contributed by atoms with van der Waals surface area (Å²) < 4.78 is 32.8. The number of carbonyl (C=O) groups excluding carboxylic acids is 1. The molecule has 0 spiro atoms. The molecular formula is C20H24N6O4S2. The number of benzene rings is 2. The summed E-state index contributed by atoms with van der Waals surface area (Å²) in [6.07, 6.45) is 0. The number of amides is 1. The molecule has 3 aromatic rings. The highest BCUT2D eigenvalue weighted by atomic mass is 32.2. The molecule has 1 N–H and O–H groups in total. The van der Waals surface area contributed by atoms with Crippen molar-refractivity contribution < 1.29 is 17.9 Å². The zero-order chi connectivity index (χ0) is 23.5. The maximum Gasteiger partial charge on any atom is 0.242 e. The van der Waals surface area contributed by atoms with Crippen molar-refractivity contribution in [3.05, 3.63) is 47.5 Å². The van der Waals surface area contributed by atoms with Crippen molar-refractivity contribution in [2.24, 2.45) is 0 Å². The summed E-state index contributed by atoms with van der Waals surface area (Å²) in [5.74, 6) is 0.311. The zero-order valence-electron chi connectivity index (χ0n) is 18.4. The van der Waals surface area contributed by atoms with Gasteiger partial charge in [0.15, 0.2) is 0 Å². The van der Waals surface area contributed by atoms with E-state index in [1.807, 2.05) is 25.1 Å². The number of hydrogen-bond donors (Lipinski definition) is 1. The fourth-order valence-corrected chi connectivity index (χ4v) is 4.42. The monoisotopic (exact) mass is 476 g/mol. The maximum absolute atomic E-state index is 12.6. The topological polar surface area (TPSA) is 119 Å². The SMILES string of the molecule is COc1ccc(C)cc1-n1nnnc1SCC(=O)Nc1cc(S(=O)(=O)N(C)C)ccc1C. The van der Waals surface area contributed by atoms with E-state index in [1.165, 1.54) is 30.9 Å². The quantitative estimate of drug-likeness (QED) is 0.492. The van der Waals surface area contributed by atoms with E-state index in [4.69, 9.17) is 4.74 Å². The molecule has 0 saturated carbocycles. The Hall–Kier alpha value is -2.96. The van der Waals surface area contributed by atoms with Crippen molar-refractivity contribution in [3.63, 3.8) is 0 Å². The lowest BCUT2D eigenvalue weighted by Gasteiger charge is -2.14. The Morgan fingerprint density at radius 3 is 2.62 bits per heavy atom. The molecule has 0 atom stereocenters. The van der Waals surface area contributed by atoms with Crippen LogP contribution in [0.4, 0.5) is 5.69 Å². The lowest BCUT2D eigenvalue weighted by molar-refractivity contribution is -0.113. The second kappa shape index (κ2) is 9.67. The number of ether oxygens (including phenoxy) is 1. The van der Waals surface area contributed by atoms with Gasteiger partial charge in [-0.1, -0.05) is 23.9 Å². The standard InChI is InChI=1S/C20H24N6O4S2/c1-13-6-9-18(30-5)17(10-13)26-20(22-23-24-26)31-12-19(27)21-16-11-15(8-7-14(16)2)32(28,29)25(3)4/h6-11H,12H2,1-5H3,(H,21,27). The Labute approximate surface area is 191 Å². The number of nitrogens with one attached hydrogen (secondary N) is 1. The van der Waals surface area contributed by atoms with Gasteiger partial charge >= 0.3 is 0 Å². The number of tetrazole rings is 1. The number of thioether (sulfide) groups is 1. The first-order chi connectivity index (χ1) is 15.1. The van der Waals surface area contributed by atoms with Crippen LogP contribution in [0.3, 0.4) is 0 Å². The number of nitrogens with zero attached hydrogens (tertiary/aromatic N) is 5. The number of sulfonamides is 1. The molecule has 0 bridgehead atoms. The molecule has 1 aromatic heterocycles. The van der Waals surface area contributed by atoms with Crippen LogP contribution in [0.15, 0.2) is 46.5 Å². The van der Waals surface area contributed by atoms with Crippen molar-refractivity contribution in [1.82, 2.24) is 24.5 Å². The molecule has 2 aromatic carbocycles. The summed E-state index contributed by atoms with van der Waals surface area (Å²) in [5, 5.41) is 14.9. The summed E-state index contributed by atoms with van der Waals surface area (Å²) in [6.45, 7) is 3.74. The molecule has 0 unspecified atom stereocenters. The normalized spacial score (nSPS) is 11.6. The van der Waals surface area contributed by atoms with Gasteiger partial charge in [0, 0.05) is 19.8 Å². The molecule has 3 rings (SSSR count). The summed E-state index contributed by atoms with van der Waals surface area (Å²) in [6, 6.07) is 10.3. The highest BCUT2D eigenvalue weighted by molar-refractivity contribution is 7.99. The van der Waals surface area contributed by atoms with Crippen LogP contribution in [0, 0.1) is 13.8 Å². The Morgan fingerprint density at radius 2 is 1.94 bits per heavy atom. The molecule has 12 heteroatoms. The minimum absolute atomic E-state index is 0.0264. The smallest absolute Gasteiger partial charge is 0.242 e. The van der Waals surface area contributed by atoms with Crippen molar-refractivity contribution in [2.75, 3.05) is 32.3 Å². The maximum atomic E-state index is 12.6. The van der Waals surface area contributed by atoms with Crippen LogP contribution < -0.4 is 10.1 Å². The average Bonchev–Trinajstić information content (AvgIpc) is 3.22. The molecule has 1 heterocycles. The first-order valence-corrected chi connectivity index (χ1v) is 11.9. The van der Waals surface area contributed by atoms with Gasteiger partial charge in [0.05, 0.1) is 17.8 Å². The van der Waals surface area contributed by atoms with Gasteiger partial charge in [-0.15, -0.1) is 5.10 Å². The van der Waals surface area contributed by atoms with Crippen molar-refractivity contribution in [3.8, 4) is 11.4 Å². The number of hydrogen-bond acceptors (Lipinski definition) is 8. The number of aryl methyl sites for hydroxylation is 2. The third-order valence-electron chi connectivity index (χ3n) is 4.60. The van der Waals surface area contributed by atoms with Gasteiger partial charge < -0.3 is 10.1 Å². The highest BCUT2D eigenvalue weighted by Gasteiger charge is 2.19. The molecule has 1 amide bonds. The molecule has 10 nitrogen and oxygen atoms in total. The number of aromatic nitrogens is 4. The lowest BCUT2D eigenvalue weighted by Crippen LogP contribution is -2.22. The van der Waals surface area contributed by atoms with Gasteiger partial charge in [-0.2, -0.15) is 4.68 Å². The third-order valence-corrected chi connectivity index (χ3v) is 7.33. The van der Waals surface area contributed by atoms with E-state index in [0.29, 0.717) is 22.3 Å². The van der Waals surface area contributed by atoms with E-state index in [2.05, 4.69) is 20.8 Å². The van der Waals surface area contributed by atoms with Gasteiger partial charge in [-0.05, 0) is 59.7 Å². The predicted molar refractivity (Wildman–Crippen MR) is 122 cm³/mol. The summed E-state index contributed by atoms with van der Waals surface area (Å²) in [5.41, 5.74) is 2.85. The fraction of sp³-hybridized carbons (Fsp3) is 0.300. The molecule has 0 aliphatic rings. The molecular weight excluding hydrogens is 452 g/mol. The average molecular weight is 477 g/mol. The molecule has 0 aliphatic heterocycles. The lowest BCUT2D eigenvalue weighted by atomic mass is 10.2. The second-order valence-corrected chi connectivity index (χ2v) is 10.2. The van der Waals surface area contributed by atoms with Crippen LogP contribution in [0.2, 0.25) is 0 Å². The summed E-state index contributed by atoms with van der Waals surface area (Å²) in [7, 11) is 0.862. The minimum atomic E-state index is -3.61. The van der Waals surface area contributed by atoms with Crippen LogP contribution >= 0.6 is 11.8 Å². The Balaban J connectivity index is 1.75. The van der Waals surface area contributed by atoms with Gasteiger partial charge in [0.2, 0.25) is 21.1 Å². The Kier molecular flexibility index (Phi) is 7.16. The third kappa shape index (κ3) is 5.09. The van der Waals surface area contributed by atoms with Crippen LogP contribution in [0.5, 0.6) is 5.75 Å². The van der Waals surface area contributed by atoms with Crippen LogP contribution in [-0.2, 0) is 14.8 Å². The Bertz CT molecular complexity index is 1240. The first kappa shape index (κ1) is 23.7. The molecule has 32 heavy (non-hydrogen) atoms. The van der Waals surface area contributed by atoms with Gasteiger partial charge in [0.25, 0.3) is 0 Å². The van der Waals surface area contributed by atoms with Crippen LogP contribution in [0.1, 0.15) is 11.1 Å². The van der Waals surface area contributed by atoms with E-state index < -0.39 is 10.0 Å². The predicted octanol–water partition coefficient (Wildman–Crippen LogP) is 2.27. The first-order valence-electron chi connectivity index (χ1n) is 9.52. The van der Waals surface area contributed by atoms with E-state index in [-0.39, 0.29) is 16.6 Å². The largest absolute Gasteiger partial charge is 0.494 e. The molecule has 0 fully saturated rings. The van der Waals surface area contributed by atoms with Crippen molar-refractivity contribution in [1.29, 1.82) is 0 Å². The van der Waals surface area contributed by atoms with Gasteiger partial charge in [0.1, 0.15) is 11.4 Å². The number of carbonyl (C=O) groups is 1. The van der Waals surface area contributed by atoms with Crippen molar-refractivity contribution in [2.45, 2.75) is 23.9 Å². The van der Waals surface area contributed by atoms with E-state index >= 15 is 0 Å². The van der Waals surface area contributed by atoms with Crippen molar-refractivity contribution >= 4 is 33.4 Å². The molecule has 0 radical (unpaired) electrons. The zero-order valence-corrected chi connectivity index (χ0v) is 20.0. The molecule has 0 saturated heterocycles. The Morgan fingerprint density at radius 1 is 1.19 bits per heavy atom. The van der Waals surface area contributed by atoms with E-state index in [1.54, 1.807) is 20.1 Å². The number of anilines is 1. The molecule has 0 aliphatic carbocycles. The number of methoxy groups -OCH3 is 1. The number of rotatable bonds is 8. The van der Waals surface area contributed by atoms with E-state index in [0.717, 1.165) is 27.2 Å². The van der Waals surface area contributed by atoms with E-state index in [9.17, 15) is 13.2 Å². The summed E-state index contributed by atoms with van der Waals surface area (Å²) >= 11 is 1.15. The van der Waals surface area contributed by atoms with Gasteiger partial charge in [-0.25, -0.2) is 12.7 Å². The second-order valence-electron chi connectivity index (χ2n) is 7.15.